The molecule has 1 heterocycles. The van der Waals surface area contributed by atoms with Crippen molar-refractivity contribution >= 4 is 11.9 Å². The van der Waals surface area contributed by atoms with E-state index in [2.05, 4.69) is 29.0 Å². The Bertz CT molecular complexity index is 335. The zero-order valence-electron chi connectivity index (χ0n) is 9.32. The number of nitrogen functional groups attached to an aromatic ring is 1. The highest BCUT2D eigenvalue weighted by Crippen LogP contribution is 2.05. The molecule has 0 saturated heterocycles. The number of amides is 1. The zero-order valence-corrected chi connectivity index (χ0v) is 9.32. The lowest BCUT2D eigenvalue weighted by Gasteiger charge is -2.19. The first kappa shape index (κ1) is 11.5. The summed E-state index contributed by atoms with van der Waals surface area (Å²) >= 11 is 0. The predicted molar refractivity (Wildman–Crippen MR) is 57.2 cm³/mol. The van der Waals surface area contributed by atoms with Crippen LogP contribution in [0.4, 0.5) is 5.95 Å². The summed E-state index contributed by atoms with van der Waals surface area (Å²) in [5.41, 5.74) is 5.32. The molecule has 3 N–H and O–H groups in total. The van der Waals surface area contributed by atoms with Gasteiger partial charge in [-0.15, -0.1) is 5.10 Å². The number of aromatic nitrogens is 3. The van der Waals surface area contributed by atoms with E-state index in [-0.39, 0.29) is 17.7 Å². The van der Waals surface area contributed by atoms with Crippen molar-refractivity contribution in [2.45, 2.75) is 20.3 Å². The number of anilines is 1. The predicted octanol–water partition coefficient (Wildman–Crippen LogP) is 0.505. The molecule has 0 saturated carbocycles. The first-order valence-electron chi connectivity index (χ1n) is 4.98. The SMILES string of the molecule is CCC(C)CN(C)C(=O)c1nc(N)n[nH]1. The van der Waals surface area contributed by atoms with Crippen LogP contribution >= 0.6 is 0 Å². The van der Waals surface area contributed by atoms with Crippen molar-refractivity contribution in [2.24, 2.45) is 5.92 Å². The summed E-state index contributed by atoms with van der Waals surface area (Å²) in [4.78, 5) is 17.1. The molecule has 0 aliphatic carbocycles. The Morgan fingerprint density at radius 2 is 2.33 bits per heavy atom. The van der Waals surface area contributed by atoms with Crippen LogP contribution in [0.1, 0.15) is 30.9 Å². The van der Waals surface area contributed by atoms with Gasteiger partial charge in [0.05, 0.1) is 0 Å². The molecule has 1 unspecified atom stereocenters. The molecule has 0 aromatic carbocycles. The molecule has 0 spiro atoms. The maximum Gasteiger partial charge on any atom is 0.290 e. The lowest BCUT2D eigenvalue weighted by molar-refractivity contribution is 0.0763. The van der Waals surface area contributed by atoms with Crippen LogP contribution < -0.4 is 5.73 Å². The van der Waals surface area contributed by atoms with Gasteiger partial charge in [0.15, 0.2) is 0 Å². The van der Waals surface area contributed by atoms with Crippen molar-refractivity contribution in [3.8, 4) is 0 Å². The molecular weight excluding hydrogens is 194 g/mol. The second-order valence-electron chi connectivity index (χ2n) is 3.74. The first-order valence-corrected chi connectivity index (χ1v) is 4.98. The quantitative estimate of drug-likeness (QED) is 0.759. The van der Waals surface area contributed by atoms with Crippen LogP contribution in [-0.2, 0) is 0 Å². The summed E-state index contributed by atoms with van der Waals surface area (Å²) in [7, 11) is 1.74. The third-order valence-corrected chi connectivity index (χ3v) is 2.33. The van der Waals surface area contributed by atoms with E-state index in [1.165, 1.54) is 0 Å². The molecule has 1 rings (SSSR count). The van der Waals surface area contributed by atoms with Crippen LogP contribution in [-0.4, -0.2) is 39.6 Å². The number of nitrogens with two attached hydrogens (primary N) is 1. The molecule has 1 aromatic rings. The highest BCUT2D eigenvalue weighted by atomic mass is 16.2. The summed E-state index contributed by atoms with van der Waals surface area (Å²) in [5.74, 6) is 0.576. The maximum atomic E-state index is 11.7. The Morgan fingerprint density at radius 1 is 1.67 bits per heavy atom. The topological polar surface area (TPSA) is 87.9 Å². The second-order valence-corrected chi connectivity index (χ2v) is 3.74. The van der Waals surface area contributed by atoms with Crippen LogP contribution in [0.5, 0.6) is 0 Å². The number of rotatable bonds is 4. The summed E-state index contributed by atoms with van der Waals surface area (Å²) in [6.07, 6.45) is 1.04. The Morgan fingerprint density at radius 3 is 2.80 bits per heavy atom. The number of hydrogen-bond acceptors (Lipinski definition) is 4. The number of H-pyrrole nitrogens is 1. The van der Waals surface area contributed by atoms with Crippen molar-refractivity contribution in [1.29, 1.82) is 0 Å². The molecule has 6 heteroatoms. The molecule has 0 bridgehead atoms. The smallest absolute Gasteiger partial charge is 0.290 e. The summed E-state index contributed by atoms with van der Waals surface area (Å²) in [6, 6.07) is 0. The van der Waals surface area contributed by atoms with Crippen molar-refractivity contribution in [3.05, 3.63) is 5.82 Å². The fraction of sp³-hybridized carbons (Fsp3) is 0.667. The van der Waals surface area contributed by atoms with Crippen LogP contribution in [0.3, 0.4) is 0 Å². The van der Waals surface area contributed by atoms with Gasteiger partial charge in [0, 0.05) is 13.6 Å². The monoisotopic (exact) mass is 211 g/mol. The van der Waals surface area contributed by atoms with E-state index < -0.39 is 0 Å². The molecule has 6 nitrogen and oxygen atoms in total. The van der Waals surface area contributed by atoms with Gasteiger partial charge < -0.3 is 10.6 Å². The van der Waals surface area contributed by atoms with Gasteiger partial charge in [-0.3, -0.25) is 9.89 Å². The lowest BCUT2D eigenvalue weighted by atomic mass is 10.1. The van der Waals surface area contributed by atoms with E-state index in [9.17, 15) is 4.79 Å². The van der Waals surface area contributed by atoms with Gasteiger partial charge in [-0.05, 0) is 5.92 Å². The molecule has 1 atom stereocenters. The van der Waals surface area contributed by atoms with E-state index in [1.54, 1.807) is 11.9 Å². The number of carbonyl (C=O) groups excluding carboxylic acids is 1. The highest BCUT2D eigenvalue weighted by molar-refractivity contribution is 5.90. The highest BCUT2D eigenvalue weighted by Gasteiger charge is 2.16. The third-order valence-electron chi connectivity index (χ3n) is 2.33. The Labute approximate surface area is 88.9 Å². The van der Waals surface area contributed by atoms with Crippen molar-refractivity contribution < 1.29 is 4.79 Å². The molecule has 15 heavy (non-hydrogen) atoms. The summed E-state index contributed by atoms with van der Waals surface area (Å²) < 4.78 is 0. The van der Waals surface area contributed by atoms with Crippen LogP contribution in [0.15, 0.2) is 0 Å². The van der Waals surface area contributed by atoms with Crippen LogP contribution in [0, 0.1) is 5.92 Å². The average Bonchev–Trinajstić information content (AvgIpc) is 2.63. The number of nitrogens with one attached hydrogen (secondary N) is 1. The third kappa shape index (κ3) is 2.93. The van der Waals surface area contributed by atoms with E-state index in [4.69, 9.17) is 5.73 Å². The maximum absolute atomic E-state index is 11.7. The number of aromatic amines is 1. The molecule has 84 valence electrons. The van der Waals surface area contributed by atoms with Gasteiger partial charge in [0.2, 0.25) is 11.8 Å². The number of nitrogens with zero attached hydrogens (tertiary/aromatic N) is 3. The molecule has 1 amide bonds. The fourth-order valence-electron chi connectivity index (χ4n) is 1.23. The van der Waals surface area contributed by atoms with Gasteiger partial charge in [-0.25, -0.2) is 0 Å². The Hall–Kier alpha value is -1.59. The Balaban J connectivity index is 2.60. The molecule has 0 radical (unpaired) electrons. The number of carbonyl (C=O) groups is 1. The Kier molecular flexibility index (Phi) is 3.65. The number of hydrogen-bond donors (Lipinski definition) is 2. The second kappa shape index (κ2) is 4.77. The first-order chi connectivity index (χ1) is 7.04. The fourth-order valence-corrected chi connectivity index (χ4v) is 1.23. The standard InChI is InChI=1S/C9H17N5O/c1-4-6(2)5-14(3)8(15)7-11-9(10)13-12-7/h6H,4-5H2,1-3H3,(H3,10,11,12,13). The van der Waals surface area contributed by atoms with Crippen LogP contribution in [0.2, 0.25) is 0 Å². The van der Waals surface area contributed by atoms with Gasteiger partial charge >= 0.3 is 0 Å². The molecule has 0 aliphatic rings. The molecule has 0 fully saturated rings. The minimum atomic E-state index is -0.181. The lowest BCUT2D eigenvalue weighted by Crippen LogP contribution is -2.31. The van der Waals surface area contributed by atoms with E-state index in [1.807, 2.05) is 0 Å². The average molecular weight is 211 g/mol. The van der Waals surface area contributed by atoms with Crippen molar-refractivity contribution in [2.75, 3.05) is 19.3 Å². The van der Waals surface area contributed by atoms with Gasteiger partial charge in [0.25, 0.3) is 5.91 Å². The molecule has 1 aromatic heterocycles. The summed E-state index contributed by atoms with van der Waals surface area (Å²) in [5, 5.41) is 6.11. The molecule has 0 aliphatic heterocycles. The largest absolute Gasteiger partial charge is 0.366 e. The minimum Gasteiger partial charge on any atom is -0.366 e. The zero-order chi connectivity index (χ0) is 11.4. The van der Waals surface area contributed by atoms with Gasteiger partial charge in [-0.2, -0.15) is 4.98 Å². The van der Waals surface area contributed by atoms with E-state index in [0.717, 1.165) is 6.42 Å². The van der Waals surface area contributed by atoms with Crippen molar-refractivity contribution in [1.82, 2.24) is 20.1 Å². The van der Waals surface area contributed by atoms with Crippen LogP contribution in [0.25, 0.3) is 0 Å². The minimum absolute atomic E-state index is 0.0929. The summed E-state index contributed by atoms with van der Waals surface area (Å²) in [6.45, 7) is 4.89. The van der Waals surface area contributed by atoms with Gasteiger partial charge in [-0.1, -0.05) is 20.3 Å². The molecular formula is C9H17N5O. The van der Waals surface area contributed by atoms with Gasteiger partial charge in [0.1, 0.15) is 0 Å². The van der Waals surface area contributed by atoms with E-state index in [0.29, 0.717) is 12.5 Å². The van der Waals surface area contributed by atoms with Crippen molar-refractivity contribution in [3.63, 3.8) is 0 Å². The normalized spacial score (nSPS) is 12.5. The van der Waals surface area contributed by atoms with E-state index >= 15 is 0 Å².